The van der Waals surface area contributed by atoms with E-state index in [9.17, 15) is 42.0 Å². The lowest BCUT2D eigenvalue weighted by Crippen LogP contribution is -2.15. The Hall–Kier alpha value is -5.51. The van der Waals surface area contributed by atoms with Crippen molar-refractivity contribution in [1.29, 1.82) is 0 Å². The van der Waals surface area contributed by atoms with Gasteiger partial charge in [0.1, 0.15) is 5.75 Å². The van der Waals surface area contributed by atoms with Gasteiger partial charge < -0.3 is 18.4 Å². The van der Waals surface area contributed by atoms with Crippen LogP contribution < -0.4 is 14.3 Å². The van der Waals surface area contributed by atoms with Crippen LogP contribution in [-0.4, -0.2) is 31.0 Å². The molecule has 1 aliphatic carbocycles. The van der Waals surface area contributed by atoms with Crippen LogP contribution in [0.1, 0.15) is 17.3 Å². The highest BCUT2D eigenvalue weighted by Crippen LogP contribution is 2.45. The van der Waals surface area contributed by atoms with E-state index in [4.69, 9.17) is 9.15 Å². The molecule has 3 aromatic carbocycles. The molecule has 3 aromatic rings. The van der Waals surface area contributed by atoms with Crippen LogP contribution in [0.15, 0.2) is 68.7 Å². The first-order chi connectivity index (χ1) is 20.8. The van der Waals surface area contributed by atoms with E-state index in [1.807, 2.05) is 0 Å². The Morgan fingerprint density at radius 1 is 1.00 bits per heavy atom. The molecule has 0 fully saturated rings. The summed E-state index contributed by atoms with van der Waals surface area (Å²) in [6.07, 6.45) is 0. The summed E-state index contributed by atoms with van der Waals surface area (Å²) in [7, 11) is -5.35. The molecule has 0 aromatic heterocycles. The number of nitro benzene ring substituents is 1. The Morgan fingerprint density at radius 2 is 1.70 bits per heavy atom. The van der Waals surface area contributed by atoms with Gasteiger partial charge in [0.15, 0.2) is 27.9 Å². The number of nitro groups is 1. The van der Waals surface area contributed by atoms with E-state index in [1.54, 1.807) is 6.92 Å². The maximum atomic E-state index is 15.9. The summed E-state index contributed by atoms with van der Waals surface area (Å²) in [6.45, 7) is 1.64. The van der Waals surface area contributed by atoms with Gasteiger partial charge in [-0.3, -0.25) is 14.9 Å². The first kappa shape index (κ1) is 30.0. The number of halogens is 4. The monoisotopic (exact) mass is 633 g/mol. The highest BCUT2D eigenvalue weighted by molar-refractivity contribution is 7.87. The van der Waals surface area contributed by atoms with Gasteiger partial charge in [0, 0.05) is 16.5 Å². The lowest BCUT2D eigenvalue weighted by Gasteiger charge is -2.18. The number of hydrogen-bond acceptors (Lipinski definition) is 9. The third-order valence-electron chi connectivity index (χ3n) is 6.33. The van der Waals surface area contributed by atoms with Crippen LogP contribution in [0.2, 0.25) is 0 Å². The average Bonchev–Trinajstić information content (AvgIpc) is 2.97. The fourth-order valence-corrected chi connectivity index (χ4v) is 5.59. The molecule has 1 heterocycles. The van der Waals surface area contributed by atoms with Crippen LogP contribution >= 0.6 is 0 Å². The lowest BCUT2D eigenvalue weighted by molar-refractivity contribution is -0.388. The van der Waals surface area contributed by atoms with Gasteiger partial charge in [0.2, 0.25) is 17.4 Å². The number of fused-ring (bicyclic) bond motifs is 2. The maximum Gasteiger partial charge on any atom is 0.346 e. The maximum absolute atomic E-state index is 15.9. The Morgan fingerprint density at radius 3 is 2.36 bits per heavy atom. The van der Waals surface area contributed by atoms with Gasteiger partial charge in [0.25, 0.3) is 11.1 Å². The van der Waals surface area contributed by atoms with Crippen molar-refractivity contribution in [3.63, 3.8) is 0 Å². The molecule has 16 heteroatoms. The molecule has 11 nitrogen and oxygen atoms in total. The minimum absolute atomic E-state index is 0.0748. The number of nitrogens with zero attached hydrogens (tertiary/aromatic N) is 1. The van der Waals surface area contributed by atoms with Gasteiger partial charge in [-0.1, -0.05) is 18.2 Å². The highest BCUT2D eigenvalue weighted by Gasteiger charge is 2.34. The largest absolute Gasteiger partial charge is 0.494 e. The van der Waals surface area contributed by atoms with Crippen LogP contribution in [0, 0.1) is 33.4 Å². The zero-order valence-corrected chi connectivity index (χ0v) is 22.7. The molecule has 0 saturated carbocycles. The average molecular weight is 633 g/mol. The SMILES string of the molecule is CCOc1ccc(S(=O)(=O)Oc2c(F)cc3c(-c4ccccc4C(=O)O)c4cc(F)c(=O)c(F)c-4oc3c2F)c([N+](=O)[O-])c1. The zero-order valence-electron chi connectivity index (χ0n) is 21.9. The Bertz CT molecular complexity index is 2170. The second-order valence-electron chi connectivity index (χ2n) is 8.94. The Kier molecular flexibility index (Phi) is 7.46. The number of carboxylic acids is 1. The third kappa shape index (κ3) is 4.94. The van der Waals surface area contributed by atoms with Crippen LogP contribution in [0.5, 0.6) is 11.5 Å². The van der Waals surface area contributed by atoms with E-state index in [0.717, 1.165) is 24.3 Å². The molecule has 0 saturated heterocycles. The fourth-order valence-electron chi connectivity index (χ4n) is 4.50. The molecule has 0 radical (unpaired) electrons. The number of rotatable bonds is 8. The van der Waals surface area contributed by atoms with Gasteiger partial charge in [-0.25, -0.2) is 13.6 Å². The van der Waals surface area contributed by atoms with Crippen molar-refractivity contribution in [2.24, 2.45) is 0 Å². The molecule has 226 valence electrons. The molecule has 1 aliphatic heterocycles. The molecular formula is C28H15F4NO10S. The van der Waals surface area contributed by atoms with Crippen LogP contribution in [-0.2, 0) is 10.1 Å². The minimum Gasteiger partial charge on any atom is -0.494 e. The number of aromatic carboxylic acids is 1. The number of carbonyl (C=O) groups is 1. The van der Waals surface area contributed by atoms with Crippen molar-refractivity contribution in [3.05, 3.63) is 104 Å². The molecule has 0 amide bonds. The minimum atomic E-state index is -5.35. The number of ether oxygens (including phenoxy) is 1. The smallest absolute Gasteiger partial charge is 0.346 e. The van der Waals surface area contributed by atoms with Crippen molar-refractivity contribution in [2.45, 2.75) is 11.8 Å². The normalized spacial score (nSPS) is 11.6. The molecule has 0 unspecified atom stereocenters. The van der Waals surface area contributed by atoms with E-state index in [2.05, 4.69) is 4.18 Å². The van der Waals surface area contributed by atoms with E-state index >= 15 is 8.78 Å². The van der Waals surface area contributed by atoms with E-state index in [1.165, 1.54) is 12.1 Å². The summed E-state index contributed by atoms with van der Waals surface area (Å²) in [5, 5.41) is 20.7. The molecule has 1 N–H and O–H groups in total. The number of hydrogen-bond donors (Lipinski definition) is 1. The third-order valence-corrected chi connectivity index (χ3v) is 7.60. The van der Waals surface area contributed by atoms with Gasteiger partial charge in [0.05, 0.1) is 23.2 Å². The number of benzene rings is 4. The topological polar surface area (TPSA) is 163 Å². The van der Waals surface area contributed by atoms with Crippen LogP contribution in [0.3, 0.4) is 0 Å². The molecule has 44 heavy (non-hydrogen) atoms. The van der Waals surface area contributed by atoms with Crippen LogP contribution in [0.4, 0.5) is 23.2 Å². The lowest BCUT2D eigenvalue weighted by atomic mass is 9.90. The first-order valence-electron chi connectivity index (χ1n) is 12.2. The molecule has 0 bridgehead atoms. The zero-order chi connectivity index (χ0) is 32.1. The highest BCUT2D eigenvalue weighted by atomic mass is 32.2. The molecule has 0 spiro atoms. The summed E-state index contributed by atoms with van der Waals surface area (Å²) < 4.78 is 102. The summed E-state index contributed by atoms with van der Waals surface area (Å²) in [4.78, 5) is 33.4. The fraction of sp³-hybridized carbons (Fsp3) is 0.0714. The summed E-state index contributed by atoms with van der Waals surface area (Å²) >= 11 is 0. The van der Waals surface area contributed by atoms with Gasteiger partial charge in [-0.2, -0.15) is 17.2 Å². The second kappa shape index (κ2) is 11.0. The summed E-state index contributed by atoms with van der Waals surface area (Å²) in [6, 6.07) is 8.33. The van der Waals surface area contributed by atoms with Crippen molar-refractivity contribution < 1.29 is 54.1 Å². The van der Waals surface area contributed by atoms with Crippen molar-refractivity contribution in [3.8, 4) is 33.9 Å². The van der Waals surface area contributed by atoms with Crippen molar-refractivity contribution in [2.75, 3.05) is 6.61 Å². The molecular weight excluding hydrogens is 618 g/mol. The number of carboxylic acid groups (broad SMARTS) is 1. The Labute approximate surface area is 243 Å². The summed E-state index contributed by atoms with van der Waals surface area (Å²) in [5.41, 5.74) is -5.79. The van der Waals surface area contributed by atoms with Crippen molar-refractivity contribution >= 4 is 32.7 Å². The molecule has 5 rings (SSSR count). The second-order valence-corrected chi connectivity index (χ2v) is 10.5. The van der Waals surface area contributed by atoms with Crippen LogP contribution in [0.25, 0.3) is 33.4 Å². The standard InChI is InChI=1S/C28H15F4NO10S/c1-2-41-12-7-8-20(19(9-12)33(37)38)44(39,40)43-27-18(30)11-16-21(13-5-3-4-6-14(13)28(35)36)15-10-17(29)24(34)22(31)25(15)42-26(16)23(27)32/h3-11H,2H2,1H3,(H,35,36). The molecule has 2 aliphatic rings. The van der Waals surface area contributed by atoms with E-state index in [0.29, 0.717) is 18.2 Å². The van der Waals surface area contributed by atoms with Gasteiger partial charge in [-0.05, 0) is 42.8 Å². The predicted molar refractivity (Wildman–Crippen MR) is 143 cm³/mol. The van der Waals surface area contributed by atoms with E-state index < -0.39 is 99.5 Å². The Balaban J connectivity index is 1.81. The molecule has 0 atom stereocenters. The predicted octanol–water partition coefficient (Wildman–Crippen LogP) is 5.89. The van der Waals surface area contributed by atoms with Crippen molar-refractivity contribution in [1.82, 2.24) is 0 Å². The van der Waals surface area contributed by atoms with E-state index in [-0.39, 0.29) is 17.9 Å². The summed E-state index contributed by atoms with van der Waals surface area (Å²) in [5.74, 6) is -11.5. The quantitative estimate of drug-likeness (QED) is 0.0716. The van der Waals surface area contributed by atoms with Gasteiger partial charge in [-0.15, -0.1) is 0 Å². The first-order valence-corrected chi connectivity index (χ1v) is 13.6. The van der Waals surface area contributed by atoms with Gasteiger partial charge >= 0.3 is 16.1 Å².